The minimum atomic E-state index is -1.08. The number of benzene rings is 2. The maximum absolute atomic E-state index is 13.7. The van der Waals surface area contributed by atoms with Crippen LogP contribution in [0.15, 0.2) is 24.3 Å². The molecule has 2 N–H and O–H groups in total. The fraction of sp³-hybridized carbons (Fsp3) is 0.364. The van der Waals surface area contributed by atoms with Crippen molar-refractivity contribution in [2.45, 2.75) is 37.8 Å². The summed E-state index contributed by atoms with van der Waals surface area (Å²) in [4.78, 5) is 27.9. The highest BCUT2D eigenvalue weighted by molar-refractivity contribution is 5.98. The van der Waals surface area contributed by atoms with Gasteiger partial charge in [0.15, 0.2) is 23.3 Å². The van der Waals surface area contributed by atoms with Gasteiger partial charge in [-0.15, -0.1) is 0 Å². The van der Waals surface area contributed by atoms with Gasteiger partial charge in [0.05, 0.1) is 5.69 Å². The number of carbonyl (C=O) groups is 2. The van der Waals surface area contributed by atoms with Gasteiger partial charge in [0, 0.05) is 38.0 Å². The molecule has 164 valence electrons. The maximum atomic E-state index is 13.7. The molecule has 2 aliphatic rings. The van der Waals surface area contributed by atoms with E-state index in [1.54, 1.807) is 0 Å². The van der Waals surface area contributed by atoms with E-state index in [1.165, 1.54) is 16.8 Å². The van der Waals surface area contributed by atoms with Crippen molar-refractivity contribution in [2.75, 3.05) is 18.5 Å². The molecule has 0 saturated carbocycles. The lowest BCUT2D eigenvalue weighted by Crippen LogP contribution is -2.41. The van der Waals surface area contributed by atoms with Gasteiger partial charge in [-0.1, -0.05) is 0 Å². The van der Waals surface area contributed by atoms with Crippen LogP contribution in [0.25, 0.3) is 0 Å². The van der Waals surface area contributed by atoms with Crippen LogP contribution in [-0.4, -0.2) is 36.3 Å². The van der Waals surface area contributed by atoms with E-state index in [1.807, 2.05) is 0 Å². The van der Waals surface area contributed by atoms with Crippen LogP contribution < -0.4 is 10.6 Å². The van der Waals surface area contributed by atoms with Gasteiger partial charge in [-0.05, 0) is 47.7 Å². The quantitative estimate of drug-likeness (QED) is 0.754. The van der Waals surface area contributed by atoms with Crippen LogP contribution in [0.3, 0.4) is 0 Å². The summed E-state index contributed by atoms with van der Waals surface area (Å²) in [6, 6.07) is 3.53. The van der Waals surface area contributed by atoms with E-state index < -0.39 is 41.1 Å². The molecule has 2 aromatic rings. The number of anilines is 1. The summed E-state index contributed by atoms with van der Waals surface area (Å²) < 4.78 is 54.6. The van der Waals surface area contributed by atoms with E-state index >= 15 is 0 Å². The van der Waals surface area contributed by atoms with Crippen molar-refractivity contribution in [1.82, 2.24) is 4.90 Å². The van der Waals surface area contributed by atoms with Gasteiger partial charge in [-0.3, -0.25) is 9.59 Å². The average Bonchev–Trinajstić information content (AvgIpc) is 3.07. The van der Waals surface area contributed by atoms with E-state index in [0.29, 0.717) is 29.5 Å². The molecule has 0 radical (unpaired) electrons. The molecule has 5 nitrogen and oxygen atoms in total. The van der Waals surface area contributed by atoms with Gasteiger partial charge < -0.3 is 15.5 Å². The fourth-order valence-corrected chi connectivity index (χ4v) is 4.41. The van der Waals surface area contributed by atoms with Crippen molar-refractivity contribution in [2.24, 2.45) is 5.73 Å². The lowest BCUT2D eigenvalue weighted by molar-refractivity contribution is -0.135. The van der Waals surface area contributed by atoms with Gasteiger partial charge >= 0.3 is 0 Å². The number of hydrogen-bond donors (Lipinski definition) is 1. The van der Waals surface area contributed by atoms with Gasteiger partial charge in [-0.25, -0.2) is 17.6 Å². The van der Waals surface area contributed by atoms with Crippen LogP contribution in [0.5, 0.6) is 0 Å². The highest BCUT2D eigenvalue weighted by Gasteiger charge is 2.33. The summed E-state index contributed by atoms with van der Waals surface area (Å²) >= 11 is 0. The Kier molecular flexibility index (Phi) is 5.47. The van der Waals surface area contributed by atoms with Gasteiger partial charge in [0.25, 0.3) is 0 Å². The van der Waals surface area contributed by atoms with Gasteiger partial charge in [0.1, 0.15) is 6.54 Å². The first-order valence-electron chi connectivity index (χ1n) is 9.91. The Morgan fingerprint density at radius 2 is 1.65 bits per heavy atom. The van der Waals surface area contributed by atoms with Crippen LogP contribution in [0.2, 0.25) is 0 Å². The number of likely N-dealkylation sites (N-methyl/N-ethyl adjacent to an activating group) is 1. The summed E-state index contributed by atoms with van der Waals surface area (Å²) in [6.07, 6.45) is 0.963. The zero-order valence-electron chi connectivity index (χ0n) is 16.8. The molecular formula is C22H21F4N3O2. The second-order valence-corrected chi connectivity index (χ2v) is 8.08. The molecule has 1 heterocycles. The average molecular weight is 435 g/mol. The molecule has 0 bridgehead atoms. The predicted octanol–water partition coefficient (Wildman–Crippen LogP) is 3.00. The number of fused-ring (bicyclic) bond motifs is 2. The first kappa shape index (κ1) is 21.3. The number of nitrogens with zero attached hydrogens (tertiary/aromatic N) is 2. The summed E-state index contributed by atoms with van der Waals surface area (Å²) in [5, 5.41) is 0. The number of aryl methyl sites for hydroxylation is 1. The SMILES string of the molecule is CN1C(=O)CN(C(=O)CC(N)C2CCc3cc(F)c(F)cc32)Cc2cc(F)c(F)cc21. The van der Waals surface area contributed by atoms with E-state index in [9.17, 15) is 27.2 Å². The Labute approximate surface area is 176 Å². The van der Waals surface area contributed by atoms with E-state index in [2.05, 4.69) is 0 Å². The largest absolute Gasteiger partial charge is 0.329 e. The van der Waals surface area contributed by atoms with Crippen molar-refractivity contribution >= 4 is 17.5 Å². The molecule has 31 heavy (non-hydrogen) atoms. The molecule has 0 aromatic heterocycles. The molecule has 9 heteroatoms. The maximum Gasteiger partial charge on any atom is 0.246 e. The van der Waals surface area contributed by atoms with Crippen molar-refractivity contribution in [3.8, 4) is 0 Å². The van der Waals surface area contributed by atoms with Gasteiger partial charge in [-0.2, -0.15) is 0 Å². The van der Waals surface area contributed by atoms with E-state index in [4.69, 9.17) is 5.73 Å². The van der Waals surface area contributed by atoms with Crippen LogP contribution in [0, 0.1) is 23.3 Å². The predicted molar refractivity (Wildman–Crippen MR) is 105 cm³/mol. The van der Waals surface area contributed by atoms with Crippen LogP contribution in [0.4, 0.5) is 23.2 Å². The molecule has 1 aliphatic heterocycles. The molecule has 2 aromatic carbocycles. The van der Waals surface area contributed by atoms with E-state index in [0.717, 1.165) is 24.3 Å². The monoisotopic (exact) mass is 435 g/mol. The Balaban J connectivity index is 1.53. The van der Waals surface area contributed by atoms with Crippen molar-refractivity contribution in [3.63, 3.8) is 0 Å². The van der Waals surface area contributed by atoms with Crippen LogP contribution >= 0.6 is 0 Å². The normalized spacial score (nSPS) is 19.2. The number of nitrogens with two attached hydrogens (primary N) is 1. The highest BCUT2D eigenvalue weighted by Crippen LogP contribution is 2.37. The standard InChI is InChI=1S/C22H21F4N3O2/c1-28-20-7-18(26)16(24)5-12(20)9-29(10-22(28)31)21(30)8-19(27)13-3-2-11-4-15(23)17(25)6-14(11)13/h4-7,13,19H,2-3,8-10,27H2,1H3. The summed E-state index contributed by atoms with van der Waals surface area (Å²) in [7, 11) is 1.43. The fourth-order valence-electron chi connectivity index (χ4n) is 4.41. The Hall–Kier alpha value is -2.94. The third-order valence-corrected chi connectivity index (χ3v) is 6.13. The number of rotatable bonds is 3. The first-order chi connectivity index (χ1) is 14.7. The lowest BCUT2D eigenvalue weighted by atomic mass is 9.91. The zero-order valence-corrected chi connectivity index (χ0v) is 16.8. The van der Waals surface area contributed by atoms with E-state index in [-0.39, 0.29) is 31.1 Å². The van der Waals surface area contributed by atoms with Crippen molar-refractivity contribution in [1.29, 1.82) is 0 Å². The minimum absolute atomic E-state index is 0.0741. The first-order valence-corrected chi connectivity index (χ1v) is 9.91. The van der Waals surface area contributed by atoms with Crippen LogP contribution in [0.1, 0.15) is 35.4 Å². The number of amides is 2. The van der Waals surface area contributed by atoms with Crippen molar-refractivity contribution < 1.29 is 27.2 Å². The van der Waals surface area contributed by atoms with Crippen LogP contribution in [-0.2, 0) is 22.6 Å². The molecule has 1 aliphatic carbocycles. The smallest absolute Gasteiger partial charge is 0.246 e. The number of halogens is 4. The summed E-state index contributed by atoms with van der Waals surface area (Å²) in [6.45, 7) is -0.337. The molecular weight excluding hydrogens is 414 g/mol. The molecule has 0 saturated heterocycles. The zero-order chi connectivity index (χ0) is 22.4. The summed E-state index contributed by atoms with van der Waals surface area (Å²) in [5.41, 5.74) is 8.03. The Morgan fingerprint density at radius 3 is 2.35 bits per heavy atom. The Morgan fingerprint density at radius 1 is 1.03 bits per heavy atom. The topological polar surface area (TPSA) is 66.6 Å². The molecule has 2 amide bonds. The number of carbonyl (C=O) groups excluding carboxylic acids is 2. The lowest BCUT2D eigenvalue weighted by Gasteiger charge is -2.25. The molecule has 0 spiro atoms. The molecule has 2 unspecified atom stereocenters. The second kappa shape index (κ2) is 7.96. The minimum Gasteiger partial charge on any atom is -0.329 e. The molecule has 4 rings (SSSR count). The van der Waals surface area contributed by atoms with Crippen molar-refractivity contribution in [3.05, 3.63) is 64.2 Å². The van der Waals surface area contributed by atoms with Gasteiger partial charge in [0.2, 0.25) is 11.8 Å². The Bertz CT molecular complexity index is 1080. The number of hydrogen-bond acceptors (Lipinski definition) is 3. The third-order valence-electron chi connectivity index (χ3n) is 6.13. The second-order valence-electron chi connectivity index (χ2n) is 8.08. The molecule has 0 fully saturated rings. The third kappa shape index (κ3) is 3.89. The summed E-state index contributed by atoms with van der Waals surface area (Å²) in [5.74, 6) is -5.22. The molecule has 2 atom stereocenters. The highest BCUT2D eigenvalue weighted by atomic mass is 19.2.